The van der Waals surface area contributed by atoms with Gasteiger partial charge in [-0.25, -0.2) is 9.59 Å². The van der Waals surface area contributed by atoms with E-state index in [0.717, 1.165) is 5.56 Å². The fourth-order valence-corrected chi connectivity index (χ4v) is 7.06. The predicted molar refractivity (Wildman–Crippen MR) is 202 cm³/mol. The topological polar surface area (TPSA) is 164 Å². The molecule has 0 fully saturated rings. The molecular formula is C39H57N2O11P. The number of hydrogen-bond donors (Lipinski definition) is 1. The molecule has 2 aromatic rings. The highest BCUT2D eigenvalue weighted by atomic mass is 31.2. The molecule has 14 heteroatoms. The lowest BCUT2D eigenvalue weighted by molar-refractivity contribution is -0.161. The van der Waals surface area contributed by atoms with Gasteiger partial charge in [-0.05, 0) is 105 Å². The first-order valence-corrected chi connectivity index (χ1v) is 19.6. The number of rotatable bonds is 16. The molecule has 0 bridgehead atoms. The van der Waals surface area contributed by atoms with Gasteiger partial charge in [0.05, 0.1) is 5.92 Å². The molecular weight excluding hydrogens is 703 g/mol. The molecule has 0 radical (unpaired) electrons. The molecule has 1 N–H and O–H groups in total. The molecule has 2 amide bonds. The molecule has 53 heavy (non-hydrogen) atoms. The summed E-state index contributed by atoms with van der Waals surface area (Å²) in [5, 5.41) is 2.68. The van der Waals surface area contributed by atoms with E-state index in [9.17, 15) is 28.5 Å². The number of esters is 3. The molecule has 2 aromatic carbocycles. The molecule has 0 heterocycles. The first kappa shape index (κ1) is 44.9. The lowest BCUT2D eigenvalue weighted by Crippen LogP contribution is -2.44. The minimum atomic E-state index is -3.65. The van der Waals surface area contributed by atoms with Crippen LogP contribution in [0.3, 0.4) is 0 Å². The molecule has 294 valence electrons. The second kappa shape index (κ2) is 19.2. The van der Waals surface area contributed by atoms with E-state index in [0.29, 0.717) is 5.69 Å². The van der Waals surface area contributed by atoms with E-state index in [1.54, 1.807) is 81.5 Å². The maximum Gasteiger partial charge on any atom is 0.414 e. The summed E-state index contributed by atoms with van der Waals surface area (Å²) in [6.45, 7) is 15.4. The van der Waals surface area contributed by atoms with E-state index >= 15 is 0 Å². The number of nitrogens with zero attached hydrogens (tertiary/aromatic N) is 1. The van der Waals surface area contributed by atoms with Gasteiger partial charge >= 0.3 is 24.0 Å². The van der Waals surface area contributed by atoms with E-state index < -0.39 is 66.0 Å². The van der Waals surface area contributed by atoms with Crippen LogP contribution in [0.4, 0.5) is 10.5 Å². The highest BCUT2D eigenvalue weighted by molar-refractivity contribution is 7.59. The van der Waals surface area contributed by atoms with Gasteiger partial charge < -0.3 is 28.8 Å². The quantitative estimate of drug-likeness (QED) is 0.104. The predicted octanol–water partition coefficient (Wildman–Crippen LogP) is 7.29. The van der Waals surface area contributed by atoms with E-state index in [-0.39, 0.29) is 43.8 Å². The SMILES string of the molecule is COP(=O)(CC[C@H](NC(=O)c1ccc(N(C)C(=O)OCc2ccccc2)cc1)C(=O)OC(C)(C)C)CC(CCC(=O)OC(C)(C)C)C(=O)OC(C)(C)C. The van der Waals surface area contributed by atoms with Crippen molar-refractivity contribution >= 4 is 43.0 Å². The van der Waals surface area contributed by atoms with Crippen LogP contribution in [0.25, 0.3) is 0 Å². The van der Waals surface area contributed by atoms with Crippen molar-refractivity contribution in [1.82, 2.24) is 5.32 Å². The Morgan fingerprint density at radius 1 is 0.755 bits per heavy atom. The van der Waals surface area contributed by atoms with Crippen molar-refractivity contribution in [3.63, 3.8) is 0 Å². The monoisotopic (exact) mass is 760 g/mol. The number of nitrogens with one attached hydrogen (secondary N) is 1. The average molecular weight is 761 g/mol. The van der Waals surface area contributed by atoms with Crippen molar-refractivity contribution in [2.75, 3.05) is 31.4 Å². The zero-order valence-electron chi connectivity index (χ0n) is 33.0. The zero-order chi connectivity index (χ0) is 40.2. The molecule has 2 rings (SSSR count). The fraction of sp³-hybridized carbons (Fsp3) is 0.564. The van der Waals surface area contributed by atoms with Crippen molar-refractivity contribution < 1.29 is 52.0 Å². The molecule has 0 saturated carbocycles. The fourth-order valence-electron chi connectivity index (χ4n) is 4.89. The van der Waals surface area contributed by atoms with Crippen LogP contribution in [-0.2, 0) is 49.0 Å². The third-order valence-electron chi connectivity index (χ3n) is 7.44. The molecule has 0 aromatic heterocycles. The van der Waals surface area contributed by atoms with Crippen LogP contribution in [-0.4, -0.2) is 79.2 Å². The minimum absolute atomic E-state index is 0.000655. The van der Waals surface area contributed by atoms with Gasteiger partial charge in [-0.1, -0.05) is 30.3 Å². The van der Waals surface area contributed by atoms with Crippen LogP contribution in [0, 0.1) is 5.92 Å². The van der Waals surface area contributed by atoms with Crippen molar-refractivity contribution in [2.24, 2.45) is 5.92 Å². The highest BCUT2D eigenvalue weighted by Gasteiger charge is 2.36. The Morgan fingerprint density at radius 3 is 1.83 bits per heavy atom. The molecule has 0 aliphatic heterocycles. The molecule has 2 unspecified atom stereocenters. The minimum Gasteiger partial charge on any atom is -0.460 e. The number of amides is 2. The third-order valence-corrected chi connectivity index (χ3v) is 10.0. The maximum atomic E-state index is 14.1. The zero-order valence-corrected chi connectivity index (χ0v) is 33.9. The number of hydrogen-bond acceptors (Lipinski definition) is 11. The van der Waals surface area contributed by atoms with E-state index in [4.69, 9.17) is 23.5 Å². The van der Waals surface area contributed by atoms with Crippen LogP contribution in [0.2, 0.25) is 0 Å². The Labute approximate surface area is 313 Å². The third kappa shape index (κ3) is 17.0. The summed E-state index contributed by atoms with van der Waals surface area (Å²) in [6.07, 6.45) is -1.32. The molecule has 13 nitrogen and oxygen atoms in total. The van der Waals surface area contributed by atoms with Crippen LogP contribution < -0.4 is 10.2 Å². The van der Waals surface area contributed by atoms with Gasteiger partial charge in [0.1, 0.15) is 29.5 Å². The lowest BCUT2D eigenvalue weighted by atomic mass is 10.0. The average Bonchev–Trinajstić information content (AvgIpc) is 3.05. The van der Waals surface area contributed by atoms with Gasteiger partial charge in [0.15, 0.2) is 0 Å². The Morgan fingerprint density at radius 2 is 1.30 bits per heavy atom. The number of benzene rings is 2. The molecule has 0 spiro atoms. The summed E-state index contributed by atoms with van der Waals surface area (Å²) in [5.41, 5.74) is -0.967. The van der Waals surface area contributed by atoms with Gasteiger partial charge in [-0.2, -0.15) is 0 Å². The molecule has 3 atom stereocenters. The molecule has 0 saturated heterocycles. The van der Waals surface area contributed by atoms with E-state index in [2.05, 4.69) is 5.32 Å². The number of carbonyl (C=O) groups is 5. The van der Waals surface area contributed by atoms with Crippen LogP contribution in [0.1, 0.15) is 97.5 Å². The lowest BCUT2D eigenvalue weighted by Gasteiger charge is -2.28. The summed E-state index contributed by atoms with van der Waals surface area (Å²) in [6, 6.07) is 14.1. The standard InChI is InChI=1S/C39H57N2O11P/c1-37(2,3)50-32(42)22-19-29(34(44)51-38(4,5)6)26-53(47,48-11)24-23-31(35(45)52-39(7,8)9)40-33(43)28-17-20-30(21-18-28)41(10)36(46)49-25-27-15-13-12-14-16-27/h12-18,20-21,29,31H,19,22-26H2,1-11H3,(H,40,43)/t29?,31-,53?/m0/s1. The first-order chi connectivity index (χ1) is 24.4. The normalized spacial score (nSPS) is 14.2. The van der Waals surface area contributed by atoms with E-state index in [1.807, 2.05) is 30.3 Å². The first-order valence-electron chi connectivity index (χ1n) is 17.6. The van der Waals surface area contributed by atoms with Crippen molar-refractivity contribution in [3.05, 3.63) is 65.7 Å². The summed E-state index contributed by atoms with van der Waals surface area (Å²) < 4.78 is 41.5. The Bertz CT molecular complexity index is 1590. The van der Waals surface area contributed by atoms with Gasteiger partial charge in [-0.3, -0.25) is 23.8 Å². The van der Waals surface area contributed by atoms with Crippen molar-refractivity contribution in [3.8, 4) is 0 Å². The summed E-state index contributed by atoms with van der Waals surface area (Å²) in [4.78, 5) is 66.4. The summed E-state index contributed by atoms with van der Waals surface area (Å²) in [5.74, 6) is -3.51. The van der Waals surface area contributed by atoms with Gasteiger partial charge in [0.25, 0.3) is 5.91 Å². The van der Waals surface area contributed by atoms with Crippen molar-refractivity contribution in [2.45, 2.75) is 111 Å². The Balaban J connectivity index is 2.21. The number of carbonyl (C=O) groups excluding carboxylic acids is 5. The van der Waals surface area contributed by atoms with E-state index in [1.165, 1.54) is 24.1 Å². The molecule has 0 aliphatic carbocycles. The van der Waals surface area contributed by atoms with Crippen LogP contribution in [0.15, 0.2) is 54.6 Å². The van der Waals surface area contributed by atoms with Gasteiger partial charge in [-0.15, -0.1) is 0 Å². The summed E-state index contributed by atoms with van der Waals surface area (Å²) in [7, 11) is -0.861. The Kier molecular flexibility index (Phi) is 16.3. The van der Waals surface area contributed by atoms with Crippen LogP contribution in [0.5, 0.6) is 0 Å². The highest BCUT2D eigenvalue weighted by Crippen LogP contribution is 2.49. The van der Waals surface area contributed by atoms with Gasteiger partial charge in [0, 0.05) is 44.2 Å². The summed E-state index contributed by atoms with van der Waals surface area (Å²) >= 11 is 0. The number of ether oxygens (including phenoxy) is 4. The maximum absolute atomic E-state index is 14.1. The van der Waals surface area contributed by atoms with Gasteiger partial charge in [0.2, 0.25) is 7.37 Å². The van der Waals surface area contributed by atoms with Crippen LogP contribution >= 0.6 is 7.37 Å². The molecule has 0 aliphatic rings. The largest absolute Gasteiger partial charge is 0.460 e. The number of anilines is 1. The second-order valence-corrected chi connectivity index (χ2v) is 18.6. The Hall–Kier alpha value is -4.22. The smallest absolute Gasteiger partial charge is 0.414 e. The second-order valence-electron chi connectivity index (χ2n) is 15.8. The van der Waals surface area contributed by atoms with Crippen molar-refractivity contribution in [1.29, 1.82) is 0 Å².